The Morgan fingerprint density at radius 1 is 1.00 bits per heavy atom. The number of thioether (sulfide) groups is 1. The molecule has 8 heteroatoms. The Morgan fingerprint density at radius 3 is 2.48 bits per heavy atom. The molecule has 3 rings (SSSR count). The first-order valence-corrected chi connectivity index (χ1v) is 9.48. The molecule has 0 aliphatic rings. The van der Waals surface area contributed by atoms with Crippen molar-refractivity contribution in [1.82, 2.24) is 14.8 Å². The number of hydrogen-bond donors (Lipinski definition) is 0. The van der Waals surface area contributed by atoms with Crippen LogP contribution >= 0.6 is 46.6 Å². The van der Waals surface area contributed by atoms with E-state index in [0.717, 1.165) is 28.0 Å². The smallest absolute Gasteiger partial charge is 0.191 e. The maximum atomic E-state index is 6.04. The molecule has 1 aromatic heterocycles. The highest BCUT2D eigenvalue weighted by molar-refractivity contribution is 7.98. The Morgan fingerprint density at radius 2 is 1.76 bits per heavy atom. The van der Waals surface area contributed by atoms with Gasteiger partial charge < -0.3 is 9.30 Å². The third-order valence-corrected chi connectivity index (χ3v) is 5.54. The van der Waals surface area contributed by atoms with Crippen molar-refractivity contribution in [2.45, 2.75) is 17.5 Å². The van der Waals surface area contributed by atoms with E-state index in [1.54, 1.807) is 30.0 Å². The lowest BCUT2D eigenvalue weighted by molar-refractivity contribution is 0.290. The van der Waals surface area contributed by atoms with Crippen LogP contribution in [0.1, 0.15) is 11.4 Å². The summed E-state index contributed by atoms with van der Waals surface area (Å²) in [6, 6.07) is 12.8. The maximum Gasteiger partial charge on any atom is 0.191 e. The summed E-state index contributed by atoms with van der Waals surface area (Å²) in [4.78, 5) is 0. The molecule has 25 heavy (non-hydrogen) atoms. The monoisotopic (exact) mass is 413 g/mol. The third-order valence-electron chi connectivity index (χ3n) is 3.46. The molecule has 130 valence electrons. The van der Waals surface area contributed by atoms with E-state index in [2.05, 4.69) is 10.2 Å². The van der Waals surface area contributed by atoms with Gasteiger partial charge in [0.1, 0.15) is 12.4 Å². The zero-order chi connectivity index (χ0) is 17.8. The number of nitrogens with zero attached hydrogens (tertiary/aromatic N) is 3. The Balaban J connectivity index is 1.60. The minimum atomic E-state index is 0.332. The van der Waals surface area contributed by atoms with Crippen LogP contribution in [-0.4, -0.2) is 14.8 Å². The van der Waals surface area contributed by atoms with Gasteiger partial charge in [0.05, 0.1) is 10.0 Å². The molecule has 0 saturated heterocycles. The van der Waals surface area contributed by atoms with Crippen molar-refractivity contribution < 1.29 is 4.74 Å². The fourth-order valence-corrected chi connectivity index (χ4v) is 3.37. The molecule has 0 fully saturated rings. The average molecular weight is 415 g/mol. The lowest BCUT2D eigenvalue weighted by atomic mass is 10.2. The van der Waals surface area contributed by atoms with Crippen molar-refractivity contribution in [3.8, 4) is 5.75 Å². The summed E-state index contributed by atoms with van der Waals surface area (Å²) >= 11 is 19.4. The first kappa shape index (κ1) is 18.4. The van der Waals surface area contributed by atoms with Gasteiger partial charge in [-0.15, -0.1) is 10.2 Å². The average Bonchev–Trinajstić information content (AvgIpc) is 2.95. The van der Waals surface area contributed by atoms with Gasteiger partial charge >= 0.3 is 0 Å². The summed E-state index contributed by atoms with van der Waals surface area (Å²) < 4.78 is 7.62. The van der Waals surface area contributed by atoms with Gasteiger partial charge in [0.25, 0.3) is 0 Å². The fourth-order valence-electron chi connectivity index (χ4n) is 2.05. The molecule has 2 aromatic carbocycles. The van der Waals surface area contributed by atoms with Crippen LogP contribution in [0.3, 0.4) is 0 Å². The fraction of sp³-hybridized carbons (Fsp3) is 0.176. The highest BCUT2D eigenvalue weighted by Gasteiger charge is 2.10. The summed E-state index contributed by atoms with van der Waals surface area (Å²) in [7, 11) is 1.91. The standard InChI is InChI=1S/C17H14Cl3N3OS/c1-23-16(9-24-13-5-3-12(18)4-6-13)21-22-17(23)25-10-11-2-7-14(19)15(20)8-11/h2-8H,9-10H2,1H3. The lowest BCUT2D eigenvalue weighted by Gasteiger charge is -2.07. The zero-order valence-electron chi connectivity index (χ0n) is 13.2. The van der Waals surface area contributed by atoms with E-state index in [-0.39, 0.29) is 0 Å². The first-order chi connectivity index (χ1) is 12.0. The predicted octanol–water partition coefficient (Wildman–Crippen LogP) is 5.65. The molecule has 0 aliphatic carbocycles. The van der Waals surface area contributed by atoms with Gasteiger partial charge in [-0.05, 0) is 42.0 Å². The van der Waals surface area contributed by atoms with E-state index in [0.29, 0.717) is 21.7 Å². The number of ether oxygens (including phenoxy) is 1. The largest absolute Gasteiger partial charge is 0.486 e. The van der Waals surface area contributed by atoms with E-state index in [9.17, 15) is 0 Å². The first-order valence-electron chi connectivity index (χ1n) is 7.36. The van der Waals surface area contributed by atoms with Crippen LogP contribution in [0.4, 0.5) is 0 Å². The van der Waals surface area contributed by atoms with Crippen LogP contribution < -0.4 is 4.74 Å². The van der Waals surface area contributed by atoms with Gasteiger partial charge in [0.15, 0.2) is 11.0 Å². The van der Waals surface area contributed by atoms with Gasteiger partial charge in [-0.25, -0.2) is 0 Å². The number of aromatic nitrogens is 3. The minimum absolute atomic E-state index is 0.332. The van der Waals surface area contributed by atoms with Crippen molar-refractivity contribution in [1.29, 1.82) is 0 Å². The van der Waals surface area contributed by atoms with Gasteiger partial charge in [0.2, 0.25) is 0 Å². The normalized spacial score (nSPS) is 10.9. The molecule has 0 atom stereocenters. The Labute approximate surface area is 165 Å². The molecule has 0 radical (unpaired) electrons. The number of rotatable bonds is 6. The van der Waals surface area contributed by atoms with Crippen LogP contribution in [0.15, 0.2) is 47.6 Å². The predicted molar refractivity (Wildman–Crippen MR) is 103 cm³/mol. The summed E-state index contributed by atoms with van der Waals surface area (Å²) in [5.74, 6) is 2.20. The Bertz CT molecular complexity index is 868. The van der Waals surface area contributed by atoms with Crippen molar-refractivity contribution in [2.75, 3.05) is 0 Å². The molecular formula is C17H14Cl3N3OS. The highest BCUT2D eigenvalue weighted by atomic mass is 35.5. The molecule has 0 N–H and O–H groups in total. The summed E-state index contributed by atoms with van der Waals surface area (Å²) in [6.45, 7) is 0.332. The van der Waals surface area contributed by atoms with Crippen LogP contribution in [0.5, 0.6) is 5.75 Å². The van der Waals surface area contributed by atoms with E-state index in [4.69, 9.17) is 39.5 Å². The van der Waals surface area contributed by atoms with Crippen molar-refractivity contribution in [3.05, 3.63) is 68.9 Å². The second-order valence-corrected chi connectivity index (χ2v) is 7.43. The van der Waals surface area contributed by atoms with Gasteiger partial charge in [-0.1, -0.05) is 52.6 Å². The van der Waals surface area contributed by atoms with E-state index in [1.807, 2.05) is 35.9 Å². The molecule has 0 aliphatic heterocycles. The van der Waals surface area contributed by atoms with Crippen molar-refractivity contribution in [2.24, 2.45) is 7.05 Å². The van der Waals surface area contributed by atoms with E-state index >= 15 is 0 Å². The second-order valence-electron chi connectivity index (χ2n) is 5.24. The van der Waals surface area contributed by atoms with E-state index < -0.39 is 0 Å². The molecule has 3 aromatic rings. The van der Waals surface area contributed by atoms with Crippen LogP contribution in [0, 0.1) is 0 Å². The van der Waals surface area contributed by atoms with Gasteiger partial charge in [-0.3, -0.25) is 0 Å². The maximum absolute atomic E-state index is 6.04. The van der Waals surface area contributed by atoms with Gasteiger partial charge in [0, 0.05) is 17.8 Å². The molecule has 4 nitrogen and oxygen atoms in total. The highest BCUT2D eigenvalue weighted by Crippen LogP contribution is 2.27. The molecule has 0 unspecified atom stereocenters. The SMILES string of the molecule is Cn1c(COc2ccc(Cl)cc2)nnc1SCc1ccc(Cl)c(Cl)c1. The molecule has 0 bridgehead atoms. The number of benzene rings is 2. The summed E-state index contributed by atoms with van der Waals surface area (Å²) in [6.07, 6.45) is 0. The third kappa shape index (κ3) is 4.82. The van der Waals surface area contributed by atoms with Crippen molar-refractivity contribution >= 4 is 46.6 Å². The topological polar surface area (TPSA) is 39.9 Å². The van der Waals surface area contributed by atoms with Crippen LogP contribution in [-0.2, 0) is 19.4 Å². The Hall–Kier alpha value is -1.40. The Kier molecular flexibility index (Phi) is 6.12. The van der Waals surface area contributed by atoms with E-state index in [1.165, 1.54) is 0 Å². The molecule has 0 spiro atoms. The second kappa shape index (κ2) is 8.32. The van der Waals surface area contributed by atoms with Crippen molar-refractivity contribution in [3.63, 3.8) is 0 Å². The lowest BCUT2D eigenvalue weighted by Crippen LogP contribution is -2.04. The minimum Gasteiger partial charge on any atom is -0.486 e. The zero-order valence-corrected chi connectivity index (χ0v) is 16.3. The molecule has 0 saturated carbocycles. The molecular weight excluding hydrogens is 401 g/mol. The quantitative estimate of drug-likeness (QED) is 0.489. The number of halogens is 3. The molecule has 0 amide bonds. The van der Waals surface area contributed by atoms with Crippen LogP contribution in [0.2, 0.25) is 15.1 Å². The summed E-state index contributed by atoms with van der Waals surface area (Å²) in [5.41, 5.74) is 1.07. The number of hydrogen-bond acceptors (Lipinski definition) is 4. The summed E-state index contributed by atoms with van der Waals surface area (Å²) in [5, 5.41) is 11.0. The van der Waals surface area contributed by atoms with Crippen LogP contribution in [0.25, 0.3) is 0 Å². The van der Waals surface area contributed by atoms with Gasteiger partial charge in [-0.2, -0.15) is 0 Å². The molecule has 1 heterocycles.